The van der Waals surface area contributed by atoms with Gasteiger partial charge >= 0.3 is 0 Å². The summed E-state index contributed by atoms with van der Waals surface area (Å²) in [6.45, 7) is 1.80. The van der Waals surface area contributed by atoms with E-state index in [1.165, 1.54) is 17.0 Å². The van der Waals surface area contributed by atoms with Crippen LogP contribution in [0.3, 0.4) is 0 Å². The van der Waals surface area contributed by atoms with Crippen LogP contribution in [0.15, 0.2) is 53.4 Å². The zero-order valence-corrected chi connectivity index (χ0v) is 16.6. The van der Waals surface area contributed by atoms with Gasteiger partial charge in [0.2, 0.25) is 15.9 Å². The Hall–Kier alpha value is -2.71. The van der Waals surface area contributed by atoms with E-state index in [1.54, 1.807) is 50.4 Å². The molecule has 0 heterocycles. The molecule has 2 aromatic carbocycles. The monoisotopic (exact) mass is 401 g/mol. The first-order valence-electron chi connectivity index (χ1n) is 8.97. The van der Waals surface area contributed by atoms with Crippen LogP contribution in [0.4, 0.5) is 5.69 Å². The summed E-state index contributed by atoms with van der Waals surface area (Å²) in [6, 6.07) is 12.6. The Bertz CT molecular complexity index is 1020. The van der Waals surface area contributed by atoms with Crippen molar-refractivity contribution in [3.05, 3.63) is 59.7 Å². The van der Waals surface area contributed by atoms with Gasteiger partial charge in [-0.05, 0) is 55.7 Å². The van der Waals surface area contributed by atoms with Gasteiger partial charge in [0.05, 0.1) is 10.9 Å². The van der Waals surface area contributed by atoms with E-state index in [2.05, 4.69) is 5.32 Å². The minimum Gasteiger partial charge on any atom is -0.335 e. The van der Waals surface area contributed by atoms with Crippen LogP contribution in [0.1, 0.15) is 41.7 Å². The topological polar surface area (TPSA) is 110 Å². The molecule has 3 rings (SSSR count). The molecule has 28 heavy (non-hydrogen) atoms. The summed E-state index contributed by atoms with van der Waals surface area (Å²) in [5.41, 5.74) is 1.67. The van der Waals surface area contributed by atoms with Crippen LogP contribution in [0.25, 0.3) is 0 Å². The van der Waals surface area contributed by atoms with Crippen molar-refractivity contribution in [2.24, 2.45) is 11.1 Å². The lowest BCUT2D eigenvalue weighted by Gasteiger charge is -2.26. The van der Waals surface area contributed by atoms with Crippen molar-refractivity contribution >= 4 is 27.5 Å². The minimum absolute atomic E-state index is 0.00230. The van der Waals surface area contributed by atoms with Crippen molar-refractivity contribution in [2.45, 2.75) is 30.7 Å². The van der Waals surface area contributed by atoms with E-state index >= 15 is 0 Å². The number of primary sulfonamides is 1. The van der Waals surface area contributed by atoms with Gasteiger partial charge in [-0.3, -0.25) is 9.59 Å². The molecule has 7 nitrogen and oxygen atoms in total. The Morgan fingerprint density at radius 1 is 1.14 bits per heavy atom. The van der Waals surface area contributed by atoms with Crippen LogP contribution in [0.5, 0.6) is 0 Å². The molecule has 0 aromatic heterocycles. The lowest BCUT2D eigenvalue weighted by molar-refractivity contribution is -0.117. The predicted octanol–water partition coefficient (Wildman–Crippen LogP) is 2.52. The van der Waals surface area contributed by atoms with Gasteiger partial charge in [-0.25, -0.2) is 13.6 Å². The fourth-order valence-corrected chi connectivity index (χ4v) is 3.44. The predicted molar refractivity (Wildman–Crippen MR) is 106 cm³/mol. The number of carbonyl (C=O) groups excluding carboxylic acids is 2. The number of nitrogens with zero attached hydrogens (tertiary/aromatic N) is 1. The lowest BCUT2D eigenvalue weighted by Crippen LogP contribution is -2.30. The molecule has 1 saturated carbocycles. The van der Waals surface area contributed by atoms with Crippen molar-refractivity contribution in [1.82, 2.24) is 4.90 Å². The molecule has 2 aromatic rings. The molecule has 0 bridgehead atoms. The van der Waals surface area contributed by atoms with Gasteiger partial charge in [-0.2, -0.15) is 0 Å². The number of nitrogens with two attached hydrogens (primary N) is 1. The molecule has 148 valence electrons. The van der Waals surface area contributed by atoms with E-state index in [0.717, 1.165) is 12.8 Å². The molecule has 1 atom stereocenters. The summed E-state index contributed by atoms with van der Waals surface area (Å²) in [6.07, 6.45) is 1.81. The first kappa shape index (κ1) is 20.0. The third-order valence-corrected chi connectivity index (χ3v) is 5.81. The first-order valence-corrected chi connectivity index (χ1v) is 10.5. The fraction of sp³-hybridized carbons (Fsp3) is 0.300. The number of sulfonamides is 1. The average Bonchev–Trinajstić information content (AvgIpc) is 3.51. The number of amides is 2. The molecule has 3 N–H and O–H groups in total. The van der Waals surface area contributed by atoms with Gasteiger partial charge in [0.15, 0.2) is 0 Å². The number of hydrogen-bond donors (Lipinski definition) is 2. The Balaban J connectivity index is 1.77. The third-order valence-electron chi connectivity index (χ3n) is 4.90. The van der Waals surface area contributed by atoms with E-state index in [4.69, 9.17) is 5.14 Å². The first-order chi connectivity index (χ1) is 13.2. The van der Waals surface area contributed by atoms with Crippen LogP contribution in [0.2, 0.25) is 0 Å². The second kappa shape index (κ2) is 7.73. The van der Waals surface area contributed by atoms with E-state index in [0.29, 0.717) is 16.8 Å². The molecule has 8 heteroatoms. The summed E-state index contributed by atoms with van der Waals surface area (Å²) in [7, 11) is -2.17. The number of hydrogen-bond acceptors (Lipinski definition) is 4. The van der Waals surface area contributed by atoms with Crippen molar-refractivity contribution < 1.29 is 18.0 Å². The Morgan fingerprint density at radius 3 is 2.46 bits per heavy atom. The van der Waals surface area contributed by atoms with E-state index in [9.17, 15) is 18.0 Å². The molecule has 2 amide bonds. The fourth-order valence-electron chi connectivity index (χ4n) is 2.87. The Kier molecular flexibility index (Phi) is 5.53. The van der Waals surface area contributed by atoms with Crippen molar-refractivity contribution in [3.63, 3.8) is 0 Å². The molecule has 1 aliphatic rings. The Labute approximate surface area is 164 Å². The molecule has 1 unspecified atom stereocenters. The smallest absolute Gasteiger partial charge is 0.254 e. The molecule has 0 saturated heterocycles. The van der Waals surface area contributed by atoms with Crippen LogP contribution in [0, 0.1) is 5.92 Å². The second-order valence-corrected chi connectivity index (χ2v) is 8.62. The molecular formula is C20H23N3O4S. The van der Waals surface area contributed by atoms with Crippen molar-refractivity contribution in [3.8, 4) is 0 Å². The minimum atomic E-state index is -3.82. The van der Waals surface area contributed by atoms with Crippen LogP contribution < -0.4 is 10.5 Å². The normalized spacial score (nSPS) is 15.0. The SMILES string of the molecule is CC(c1cccc(S(N)(=O)=O)c1)N(C)C(=O)c1cccc(NC(=O)C2CC2)c1. The summed E-state index contributed by atoms with van der Waals surface area (Å²) in [4.78, 5) is 26.3. The number of carbonyl (C=O) groups is 2. The van der Waals surface area contributed by atoms with Gasteiger partial charge in [0.1, 0.15) is 0 Å². The van der Waals surface area contributed by atoms with Crippen LogP contribution in [-0.4, -0.2) is 32.2 Å². The molecule has 0 radical (unpaired) electrons. The summed E-state index contributed by atoms with van der Waals surface area (Å²) >= 11 is 0. The van der Waals surface area contributed by atoms with Gasteiger partial charge < -0.3 is 10.2 Å². The highest BCUT2D eigenvalue weighted by Gasteiger charge is 2.29. The van der Waals surface area contributed by atoms with Crippen molar-refractivity contribution in [1.29, 1.82) is 0 Å². The maximum atomic E-state index is 12.9. The van der Waals surface area contributed by atoms with Crippen molar-refractivity contribution in [2.75, 3.05) is 12.4 Å². The average molecular weight is 401 g/mol. The third kappa shape index (κ3) is 4.58. The molecule has 1 aliphatic carbocycles. The molecule has 0 spiro atoms. The largest absolute Gasteiger partial charge is 0.335 e. The zero-order valence-electron chi connectivity index (χ0n) is 15.8. The molecular weight excluding hydrogens is 378 g/mol. The summed E-state index contributed by atoms with van der Waals surface area (Å²) < 4.78 is 23.1. The highest BCUT2D eigenvalue weighted by atomic mass is 32.2. The summed E-state index contributed by atoms with van der Waals surface area (Å²) in [5, 5.41) is 8.02. The number of nitrogens with one attached hydrogen (secondary N) is 1. The highest BCUT2D eigenvalue weighted by molar-refractivity contribution is 7.89. The molecule has 0 aliphatic heterocycles. The van der Waals surface area contributed by atoms with Gasteiger partial charge in [0, 0.05) is 24.2 Å². The van der Waals surface area contributed by atoms with E-state index < -0.39 is 10.0 Å². The Morgan fingerprint density at radius 2 is 1.82 bits per heavy atom. The van der Waals surface area contributed by atoms with E-state index in [1.807, 2.05) is 0 Å². The number of rotatable bonds is 6. The molecule has 1 fully saturated rings. The van der Waals surface area contributed by atoms with Crippen LogP contribution >= 0.6 is 0 Å². The standard InChI is InChI=1S/C20H23N3O4S/c1-13(15-5-4-8-18(12-15)28(21,26)27)23(2)20(25)16-6-3-7-17(11-16)22-19(24)14-9-10-14/h3-8,11-14H,9-10H2,1-2H3,(H,22,24)(H2,21,26,27). The van der Waals surface area contributed by atoms with Gasteiger partial charge in [-0.1, -0.05) is 18.2 Å². The lowest BCUT2D eigenvalue weighted by atomic mass is 10.1. The number of benzene rings is 2. The highest BCUT2D eigenvalue weighted by Crippen LogP contribution is 2.30. The number of anilines is 1. The van der Waals surface area contributed by atoms with Crippen LogP contribution in [-0.2, 0) is 14.8 Å². The second-order valence-electron chi connectivity index (χ2n) is 7.05. The maximum absolute atomic E-state index is 12.9. The van der Waals surface area contributed by atoms with E-state index in [-0.39, 0.29) is 28.7 Å². The van der Waals surface area contributed by atoms with Gasteiger partial charge in [-0.15, -0.1) is 0 Å². The zero-order chi connectivity index (χ0) is 20.5. The van der Waals surface area contributed by atoms with Gasteiger partial charge in [0.25, 0.3) is 5.91 Å². The summed E-state index contributed by atoms with van der Waals surface area (Å²) in [5.74, 6) is -0.185. The quantitative estimate of drug-likeness (QED) is 0.775. The maximum Gasteiger partial charge on any atom is 0.254 e.